The van der Waals surface area contributed by atoms with Crippen LogP contribution in [0, 0.1) is 5.82 Å². The van der Waals surface area contributed by atoms with Crippen molar-refractivity contribution in [1.82, 2.24) is 9.88 Å². The molecule has 6 rings (SSSR count). The van der Waals surface area contributed by atoms with E-state index in [1.807, 2.05) is 18.2 Å². The lowest BCUT2D eigenvalue weighted by Crippen LogP contribution is -2.39. The van der Waals surface area contributed by atoms with Gasteiger partial charge in [0.2, 0.25) is 0 Å². The monoisotopic (exact) mass is 623 g/mol. The fourth-order valence-corrected chi connectivity index (χ4v) is 8.37. The maximum Gasteiger partial charge on any atom is 0.266 e. The van der Waals surface area contributed by atoms with Crippen LogP contribution in [0.4, 0.5) is 9.52 Å². The van der Waals surface area contributed by atoms with E-state index in [0.717, 1.165) is 43.4 Å². The molecule has 0 bridgehead atoms. The fraction of sp³-hybridized carbons (Fsp3) is 0.344. The SMILES string of the molecule is COc1ccc(CN(c2nccs2)S(=O)(=O)c2ccc3c(c2)OCCC3N2CCCC[C@H]2c2ccc(F)cc2)c(OC)c1. The van der Waals surface area contributed by atoms with Crippen LogP contribution >= 0.6 is 11.3 Å². The molecular weight excluding hydrogens is 590 g/mol. The Balaban J connectivity index is 1.33. The number of methoxy groups -OCH3 is 2. The average Bonchev–Trinajstić information content (AvgIpc) is 3.58. The Hall–Kier alpha value is -3.67. The minimum atomic E-state index is -4.03. The summed E-state index contributed by atoms with van der Waals surface area (Å²) in [4.78, 5) is 6.94. The summed E-state index contributed by atoms with van der Waals surface area (Å²) in [5, 5.41) is 2.10. The van der Waals surface area contributed by atoms with E-state index in [1.54, 1.807) is 56.1 Å². The number of aromatic nitrogens is 1. The van der Waals surface area contributed by atoms with Crippen molar-refractivity contribution in [2.24, 2.45) is 0 Å². The van der Waals surface area contributed by atoms with Crippen molar-refractivity contribution < 1.29 is 27.0 Å². The molecule has 1 saturated heterocycles. The molecule has 0 N–H and O–H groups in total. The summed E-state index contributed by atoms with van der Waals surface area (Å²) >= 11 is 1.25. The third-order valence-corrected chi connectivity index (χ3v) is 10.9. The van der Waals surface area contributed by atoms with E-state index in [4.69, 9.17) is 14.2 Å². The molecule has 11 heteroatoms. The summed E-state index contributed by atoms with van der Waals surface area (Å²) in [5.74, 6) is 1.46. The number of sulfonamides is 1. The smallest absolute Gasteiger partial charge is 0.266 e. The number of halogens is 1. The standard InChI is InChI=1S/C32H34FN3O5S2/c1-39-25-11-8-23(30(19-25)40-2)21-36(32-34-15-18-42-32)43(37,38)26-12-13-27-29(14-17-41-31(27)20-26)35-16-4-3-5-28(35)22-6-9-24(33)10-7-22/h6-13,15,18-20,28-29H,3-5,14,16-17,21H2,1-2H3/t28-,29?/m0/s1. The fourth-order valence-electron chi connectivity index (χ4n) is 6.08. The molecule has 0 spiro atoms. The maximum atomic E-state index is 14.2. The highest BCUT2D eigenvalue weighted by Crippen LogP contribution is 2.44. The van der Waals surface area contributed by atoms with Crippen LogP contribution in [0.25, 0.3) is 0 Å². The van der Waals surface area contributed by atoms with Crippen LogP contribution in [-0.2, 0) is 16.6 Å². The van der Waals surface area contributed by atoms with Crippen LogP contribution in [0.15, 0.2) is 77.1 Å². The Morgan fingerprint density at radius 2 is 1.86 bits per heavy atom. The van der Waals surface area contributed by atoms with E-state index >= 15 is 0 Å². The van der Waals surface area contributed by atoms with Gasteiger partial charge in [-0.3, -0.25) is 4.90 Å². The second-order valence-electron chi connectivity index (χ2n) is 10.7. The Morgan fingerprint density at radius 3 is 2.60 bits per heavy atom. The first-order valence-electron chi connectivity index (χ1n) is 14.3. The zero-order chi connectivity index (χ0) is 30.0. The van der Waals surface area contributed by atoms with Gasteiger partial charge in [0.15, 0.2) is 5.13 Å². The van der Waals surface area contributed by atoms with Crippen molar-refractivity contribution in [3.05, 3.63) is 94.7 Å². The van der Waals surface area contributed by atoms with Crippen LogP contribution in [0.2, 0.25) is 0 Å². The lowest BCUT2D eigenvalue weighted by molar-refractivity contribution is 0.0668. The van der Waals surface area contributed by atoms with Gasteiger partial charge in [0.25, 0.3) is 10.0 Å². The van der Waals surface area contributed by atoms with Crippen molar-refractivity contribution in [3.8, 4) is 17.2 Å². The van der Waals surface area contributed by atoms with E-state index in [2.05, 4.69) is 9.88 Å². The molecule has 2 atom stereocenters. The molecule has 43 heavy (non-hydrogen) atoms. The van der Waals surface area contributed by atoms with Crippen LogP contribution in [0.5, 0.6) is 17.2 Å². The number of benzene rings is 3. The van der Waals surface area contributed by atoms with E-state index < -0.39 is 10.0 Å². The zero-order valence-electron chi connectivity index (χ0n) is 24.1. The van der Waals surface area contributed by atoms with Gasteiger partial charge in [0.1, 0.15) is 23.1 Å². The molecule has 1 aromatic heterocycles. The zero-order valence-corrected chi connectivity index (χ0v) is 25.7. The van der Waals surface area contributed by atoms with Gasteiger partial charge < -0.3 is 14.2 Å². The molecule has 8 nitrogen and oxygen atoms in total. The third kappa shape index (κ3) is 5.93. The Labute approximate surface area is 255 Å². The molecule has 0 amide bonds. The van der Waals surface area contributed by atoms with Crippen molar-refractivity contribution >= 4 is 26.5 Å². The normalized spacial score (nSPS) is 18.9. The lowest BCUT2D eigenvalue weighted by Gasteiger charge is -2.43. The number of rotatable bonds is 9. The highest BCUT2D eigenvalue weighted by molar-refractivity contribution is 7.93. The predicted octanol–water partition coefficient (Wildman–Crippen LogP) is 6.75. The molecule has 1 unspecified atom stereocenters. The molecule has 2 aliphatic heterocycles. The van der Waals surface area contributed by atoms with Gasteiger partial charge in [0, 0.05) is 53.3 Å². The molecule has 0 saturated carbocycles. The summed E-state index contributed by atoms with van der Waals surface area (Å²) in [6.07, 6.45) is 5.55. The minimum absolute atomic E-state index is 0.0245. The second-order valence-corrected chi connectivity index (χ2v) is 13.4. The first-order valence-corrected chi connectivity index (χ1v) is 16.6. The van der Waals surface area contributed by atoms with Crippen molar-refractivity contribution in [1.29, 1.82) is 0 Å². The highest BCUT2D eigenvalue weighted by Gasteiger charge is 2.36. The number of hydrogen-bond donors (Lipinski definition) is 0. The summed E-state index contributed by atoms with van der Waals surface area (Å²) in [5.41, 5.74) is 2.74. The van der Waals surface area contributed by atoms with Crippen LogP contribution in [0.3, 0.4) is 0 Å². The van der Waals surface area contributed by atoms with E-state index in [1.165, 1.54) is 27.8 Å². The van der Waals surface area contributed by atoms with Gasteiger partial charge >= 0.3 is 0 Å². The quantitative estimate of drug-likeness (QED) is 0.204. The van der Waals surface area contributed by atoms with E-state index in [-0.39, 0.29) is 29.3 Å². The number of fused-ring (bicyclic) bond motifs is 1. The summed E-state index contributed by atoms with van der Waals surface area (Å²) in [6.45, 7) is 1.41. The molecule has 0 aliphatic carbocycles. The van der Waals surface area contributed by atoms with Crippen LogP contribution < -0.4 is 18.5 Å². The Bertz CT molecular complexity index is 1670. The largest absolute Gasteiger partial charge is 0.497 e. The summed E-state index contributed by atoms with van der Waals surface area (Å²) < 4.78 is 60.4. The second kappa shape index (κ2) is 12.5. The molecule has 1 fully saturated rings. The average molecular weight is 624 g/mol. The molecule has 0 radical (unpaired) electrons. The molecule has 2 aliphatic rings. The van der Waals surface area contributed by atoms with Gasteiger partial charge in [-0.05, 0) is 55.3 Å². The first kappa shape index (κ1) is 29.4. The third-order valence-electron chi connectivity index (χ3n) is 8.22. The first-order chi connectivity index (χ1) is 20.9. The molecule has 226 valence electrons. The number of anilines is 1. The topological polar surface area (TPSA) is 81.2 Å². The number of ether oxygens (including phenoxy) is 3. The van der Waals surface area contributed by atoms with Gasteiger partial charge in [-0.1, -0.05) is 24.6 Å². The van der Waals surface area contributed by atoms with Gasteiger partial charge in [0.05, 0.1) is 32.3 Å². The van der Waals surface area contributed by atoms with Crippen molar-refractivity contribution in [2.75, 3.05) is 31.7 Å². The molecule has 3 aromatic carbocycles. The summed E-state index contributed by atoms with van der Waals surface area (Å²) in [6, 6.07) is 17.5. The number of thiazole rings is 1. The highest BCUT2D eigenvalue weighted by atomic mass is 32.2. The minimum Gasteiger partial charge on any atom is -0.497 e. The lowest BCUT2D eigenvalue weighted by atomic mass is 9.89. The van der Waals surface area contributed by atoms with E-state index in [0.29, 0.717) is 34.6 Å². The number of piperidine rings is 1. The van der Waals surface area contributed by atoms with Gasteiger partial charge in [-0.15, -0.1) is 11.3 Å². The summed E-state index contributed by atoms with van der Waals surface area (Å²) in [7, 11) is -0.922. The molecule has 4 aromatic rings. The van der Waals surface area contributed by atoms with Crippen molar-refractivity contribution in [2.45, 2.75) is 49.2 Å². The van der Waals surface area contributed by atoms with Gasteiger partial charge in [-0.2, -0.15) is 0 Å². The Kier molecular flexibility index (Phi) is 8.56. The number of nitrogens with zero attached hydrogens (tertiary/aromatic N) is 3. The van der Waals surface area contributed by atoms with Crippen molar-refractivity contribution in [3.63, 3.8) is 0 Å². The predicted molar refractivity (Wildman–Crippen MR) is 164 cm³/mol. The van der Waals surface area contributed by atoms with Crippen LogP contribution in [0.1, 0.15) is 54.5 Å². The number of likely N-dealkylation sites (tertiary alicyclic amines) is 1. The maximum absolute atomic E-state index is 14.2. The molecule has 3 heterocycles. The molecular formula is C32H34FN3O5S2. The van der Waals surface area contributed by atoms with E-state index in [9.17, 15) is 12.8 Å². The number of hydrogen-bond acceptors (Lipinski definition) is 8. The van der Waals surface area contributed by atoms with Gasteiger partial charge in [-0.25, -0.2) is 22.1 Å². The Morgan fingerprint density at radius 1 is 1.02 bits per heavy atom. The van der Waals surface area contributed by atoms with Crippen LogP contribution in [-0.4, -0.2) is 45.7 Å².